The summed E-state index contributed by atoms with van der Waals surface area (Å²) >= 11 is 1.77. The minimum atomic E-state index is -0.604. The molecule has 37 heavy (non-hydrogen) atoms. The zero-order valence-electron chi connectivity index (χ0n) is 22.2. The summed E-state index contributed by atoms with van der Waals surface area (Å²) in [4.78, 5) is 26.9. The highest BCUT2D eigenvalue weighted by Crippen LogP contribution is 2.31. The van der Waals surface area contributed by atoms with Crippen molar-refractivity contribution in [3.05, 3.63) is 53.6 Å². The Balaban J connectivity index is 1.49. The molecular weight excluding hydrogens is 484 g/mol. The van der Waals surface area contributed by atoms with Crippen molar-refractivity contribution >= 4 is 29.3 Å². The Hall–Kier alpha value is -3.07. The van der Waals surface area contributed by atoms with Gasteiger partial charge in [-0.2, -0.15) is 22.0 Å². The lowest BCUT2D eigenvalue weighted by Gasteiger charge is -2.32. The molecule has 1 saturated carbocycles. The number of H-pyrrole nitrogens is 1. The highest BCUT2D eigenvalue weighted by Gasteiger charge is 2.33. The van der Waals surface area contributed by atoms with Gasteiger partial charge in [-0.15, -0.1) is 0 Å². The van der Waals surface area contributed by atoms with Gasteiger partial charge in [0.15, 0.2) is 0 Å². The molecule has 198 valence electrons. The fraction of sp³-hybridized carbons (Fsp3) is 0.500. The molecule has 0 radical (unpaired) electrons. The molecule has 2 amide bonds. The van der Waals surface area contributed by atoms with Gasteiger partial charge >= 0.3 is 0 Å². The van der Waals surface area contributed by atoms with E-state index in [4.69, 9.17) is 0 Å². The lowest BCUT2D eigenvalue weighted by molar-refractivity contribution is -0.119. The molecule has 3 aromatic rings. The summed E-state index contributed by atoms with van der Waals surface area (Å²) in [5.41, 5.74) is 5.28. The molecule has 0 saturated heterocycles. The fourth-order valence-corrected chi connectivity index (χ4v) is 5.63. The number of nitrogens with one attached hydrogen (secondary N) is 3. The fourth-order valence-electron chi connectivity index (χ4n) is 5.21. The van der Waals surface area contributed by atoms with E-state index in [2.05, 4.69) is 39.1 Å². The van der Waals surface area contributed by atoms with Crippen molar-refractivity contribution in [1.29, 1.82) is 0 Å². The number of hydrogen-bond donors (Lipinski definition) is 3. The molecule has 0 spiro atoms. The topological polar surface area (TPSA) is 105 Å². The summed E-state index contributed by atoms with van der Waals surface area (Å²) in [7, 11) is 0. The van der Waals surface area contributed by atoms with Gasteiger partial charge in [-0.3, -0.25) is 19.4 Å². The van der Waals surface area contributed by atoms with E-state index in [-0.39, 0.29) is 17.7 Å². The molecule has 1 aliphatic carbocycles. The number of aryl methyl sites for hydroxylation is 3. The number of thioether (sulfide) groups is 1. The van der Waals surface area contributed by atoms with E-state index < -0.39 is 6.04 Å². The van der Waals surface area contributed by atoms with Crippen LogP contribution >= 0.6 is 11.8 Å². The minimum absolute atomic E-state index is 0.100. The van der Waals surface area contributed by atoms with E-state index in [0.717, 1.165) is 60.4 Å². The van der Waals surface area contributed by atoms with E-state index >= 15 is 0 Å². The maximum Gasteiger partial charge on any atom is 0.270 e. The van der Waals surface area contributed by atoms with Crippen LogP contribution < -0.4 is 10.6 Å². The summed E-state index contributed by atoms with van der Waals surface area (Å²) in [6.45, 7) is 6.90. The number of nitrogens with zero attached hydrogens (tertiary/aromatic N) is 3. The zero-order chi connectivity index (χ0) is 26.4. The van der Waals surface area contributed by atoms with Gasteiger partial charge in [0.2, 0.25) is 5.91 Å². The van der Waals surface area contributed by atoms with Gasteiger partial charge in [0, 0.05) is 29.7 Å². The third kappa shape index (κ3) is 6.63. The number of rotatable bonds is 10. The van der Waals surface area contributed by atoms with E-state index in [1.807, 2.05) is 38.1 Å². The van der Waals surface area contributed by atoms with Crippen LogP contribution in [0.4, 0.5) is 5.69 Å². The Bertz CT molecular complexity index is 1170. The van der Waals surface area contributed by atoms with Crippen molar-refractivity contribution in [1.82, 2.24) is 25.3 Å². The molecule has 9 heteroatoms. The molecule has 0 unspecified atom stereocenters. The maximum atomic E-state index is 13.6. The number of carbonyl (C=O) groups is 2. The van der Waals surface area contributed by atoms with Crippen molar-refractivity contribution in [2.75, 3.05) is 17.3 Å². The lowest BCUT2D eigenvalue weighted by Crippen LogP contribution is -2.49. The van der Waals surface area contributed by atoms with Gasteiger partial charge in [0.1, 0.15) is 11.7 Å². The highest BCUT2D eigenvalue weighted by atomic mass is 32.2. The third-order valence-corrected chi connectivity index (χ3v) is 8.03. The van der Waals surface area contributed by atoms with Crippen LogP contribution in [-0.2, 0) is 11.3 Å². The van der Waals surface area contributed by atoms with Crippen molar-refractivity contribution in [2.24, 2.45) is 11.8 Å². The molecule has 8 nitrogen and oxygen atoms in total. The van der Waals surface area contributed by atoms with Crippen LogP contribution in [-0.4, -0.2) is 49.8 Å². The van der Waals surface area contributed by atoms with Gasteiger partial charge in [0.25, 0.3) is 5.91 Å². The number of amides is 2. The van der Waals surface area contributed by atoms with E-state index in [0.29, 0.717) is 23.8 Å². The largest absolute Gasteiger partial charge is 0.339 e. The molecule has 0 aliphatic heterocycles. The van der Waals surface area contributed by atoms with Crippen molar-refractivity contribution in [3.8, 4) is 11.1 Å². The van der Waals surface area contributed by atoms with Crippen LogP contribution in [0.2, 0.25) is 0 Å². The Kier molecular flexibility index (Phi) is 9.08. The highest BCUT2D eigenvalue weighted by molar-refractivity contribution is 7.98. The van der Waals surface area contributed by atoms with Gasteiger partial charge in [-0.05, 0) is 80.7 Å². The average molecular weight is 523 g/mol. The molecule has 1 aliphatic rings. The van der Waals surface area contributed by atoms with Gasteiger partial charge in [-0.25, -0.2) is 0 Å². The van der Waals surface area contributed by atoms with Crippen molar-refractivity contribution in [2.45, 2.75) is 65.5 Å². The van der Waals surface area contributed by atoms with E-state index in [1.54, 1.807) is 28.7 Å². The number of anilines is 1. The number of benzene rings is 1. The van der Waals surface area contributed by atoms with Gasteiger partial charge in [-0.1, -0.05) is 31.9 Å². The first-order chi connectivity index (χ1) is 17.9. The Morgan fingerprint density at radius 2 is 1.86 bits per heavy atom. The zero-order valence-corrected chi connectivity index (χ0v) is 23.0. The Morgan fingerprint density at radius 3 is 2.51 bits per heavy atom. The summed E-state index contributed by atoms with van der Waals surface area (Å²) < 4.78 is 1.74. The normalized spacial score (nSPS) is 18.4. The second kappa shape index (κ2) is 12.4. The molecule has 2 heterocycles. The number of aromatic nitrogens is 4. The predicted molar refractivity (Wildman–Crippen MR) is 150 cm³/mol. The summed E-state index contributed by atoms with van der Waals surface area (Å²) in [5.74, 6) is 1.33. The van der Waals surface area contributed by atoms with E-state index in [9.17, 15) is 9.59 Å². The van der Waals surface area contributed by atoms with Crippen LogP contribution in [0.25, 0.3) is 11.1 Å². The molecule has 4 rings (SSSR count). The molecule has 1 fully saturated rings. The van der Waals surface area contributed by atoms with Crippen LogP contribution in [0, 0.1) is 25.7 Å². The van der Waals surface area contributed by atoms with Crippen LogP contribution in [0.15, 0.2) is 36.5 Å². The second-order valence-corrected chi connectivity index (χ2v) is 11.1. The standard InChI is InChI=1S/C28H38N6O2S/c1-18-6-8-22(9-7-18)26(31-27(35)24-14-15-29-34(24)16-5-17-37-4)28(36)30-23-12-10-21(11-13-23)25-19(2)32-33-20(25)3/h10-15,18,22,26H,5-9,16-17H2,1-4H3,(H,30,36)(H,31,35)(H,32,33)/t18-,22-,26-/m0/s1. The van der Waals surface area contributed by atoms with Crippen LogP contribution in [0.5, 0.6) is 0 Å². The van der Waals surface area contributed by atoms with Gasteiger partial charge in [0.05, 0.1) is 5.69 Å². The first-order valence-corrected chi connectivity index (χ1v) is 14.5. The van der Waals surface area contributed by atoms with Crippen LogP contribution in [0.3, 0.4) is 0 Å². The Morgan fingerprint density at radius 1 is 1.14 bits per heavy atom. The Labute approximate surface area is 223 Å². The lowest BCUT2D eigenvalue weighted by atomic mass is 9.79. The number of hydrogen-bond acceptors (Lipinski definition) is 5. The molecule has 0 bridgehead atoms. The monoisotopic (exact) mass is 522 g/mol. The third-order valence-electron chi connectivity index (χ3n) is 7.34. The molecule has 1 aromatic carbocycles. The second-order valence-electron chi connectivity index (χ2n) is 10.1. The summed E-state index contributed by atoms with van der Waals surface area (Å²) in [6, 6.07) is 8.91. The average Bonchev–Trinajstić information content (AvgIpc) is 3.50. The molecule has 1 atom stereocenters. The maximum absolute atomic E-state index is 13.6. The number of aromatic amines is 1. The quantitative estimate of drug-likeness (QED) is 0.317. The number of carbonyl (C=O) groups excluding carboxylic acids is 2. The smallest absolute Gasteiger partial charge is 0.270 e. The summed E-state index contributed by atoms with van der Waals surface area (Å²) in [6.07, 6.45) is 8.62. The first kappa shape index (κ1) is 27.0. The first-order valence-electron chi connectivity index (χ1n) is 13.1. The SMILES string of the molecule is CSCCCn1nccc1C(=O)N[C@H](C(=O)Nc1ccc(-c2c(C)n[nH]c2C)cc1)[C@H]1CC[C@H](C)CC1. The van der Waals surface area contributed by atoms with Gasteiger partial charge < -0.3 is 10.6 Å². The van der Waals surface area contributed by atoms with Crippen molar-refractivity contribution < 1.29 is 9.59 Å². The molecule has 3 N–H and O–H groups in total. The minimum Gasteiger partial charge on any atom is -0.339 e. The van der Waals surface area contributed by atoms with Crippen molar-refractivity contribution in [3.63, 3.8) is 0 Å². The summed E-state index contributed by atoms with van der Waals surface area (Å²) in [5, 5.41) is 17.8. The van der Waals surface area contributed by atoms with Crippen LogP contribution in [0.1, 0.15) is 60.9 Å². The predicted octanol–water partition coefficient (Wildman–Crippen LogP) is 5.21. The molecule has 2 aromatic heterocycles. The molecular formula is C28H38N6O2S. The van der Waals surface area contributed by atoms with E-state index in [1.165, 1.54) is 0 Å².